The van der Waals surface area contributed by atoms with Gasteiger partial charge in [0.05, 0.1) is 17.5 Å². The number of hydrogen-bond acceptors (Lipinski definition) is 4. The Morgan fingerprint density at radius 1 is 1.16 bits per heavy atom. The van der Waals surface area contributed by atoms with Crippen molar-refractivity contribution in [2.45, 2.75) is 11.8 Å². The lowest BCUT2D eigenvalue weighted by Gasteiger charge is -2.18. The van der Waals surface area contributed by atoms with Gasteiger partial charge in [-0.05, 0) is 41.3 Å². The van der Waals surface area contributed by atoms with E-state index in [0.29, 0.717) is 11.5 Å². The van der Waals surface area contributed by atoms with Gasteiger partial charge in [0, 0.05) is 16.8 Å². The standard InChI is InChI=1S/C19H17FN2OS2/c20-15-8-6-14(7-9-15)19(17-5-3-11-25-17)22-18(23)13-24-12-16-4-1-2-10-21-16/h1-11,19H,12-13H2,(H,22,23). The number of nitrogens with zero attached hydrogens (tertiary/aromatic N) is 1. The first-order valence-electron chi connectivity index (χ1n) is 7.78. The zero-order valence-electron chi connectivity index (χ0n) is 13.4. The highest BCUT2D eigenvalue weighted by Crippen LogP contribution is 2.26. The second kappa shape index (κ2) is 8.78. The van der Waals surface area contributed by atoms with Gasteiger partial charge in [-0.3, -0.25) is 9.78 Å². The Hall–Kier alpha value is -2.18. The van der Waals surface area contributed by atoms with Crippen molar-refractivity contribution in [3.8, 4) is 0 Å². The molecule has 3 nitrogen and oxygen atoms in total. The van der Waals surface area contributed by atoms with E-state index in [9.17, 15) is 9.18 Å². The number of pyridine rings is 1. The Morgan fingerprint density at radius 3 is 2.68 bits per heavy atom. The van der Waals surface area contributed by atoms with E-state index in [1.165, 1.54) is 23.9 Å². The number of benzene rings is 1. The van der Waals surface area contributed by atoms with Crippen molar-refractivity contribution in [1.29, 1.82) is 0 Å². The van der Waals surface area contributed by atoms with Crippen molar-refractivity contribution < 1.29 is 9.18 Å². The Bertz CT molecular complexity index is 792. The molecule has 1 amide bonds. The minimum atomic E-state index is -0.286. The minimum Gasteiger partial charge on any atom is -0.344 e. The molecule has 25 heavy (non-hydrogen) atoms. The molecule has 2 aromatic heterocycles. The predicted molar refractivity (Wildman–Crippen MR) is 101 cm³/mol. The van der Waals surface area contributed by atoms with Crippen molar-refractivity contribution in [2.75, 3.05) is 5.75 Å². The van der Waals surface area contributed by atoms with Crippen molar-refractivity contribution in [1.82, 2.24) is 10.3 Å². The van der Waals surface area contributed by atoms with Gasteiger partial charge in [-0.25, -0.2) is 4.39 Å². The van der Waals surface area contributed by atoms with Gasteiger partial charge in [0.1, 0.15) is 5.82 Å². The number of nitrogens with one attached hydrogen (secondary N) is 1. The van der Waals surface area contributed by atoms with Crippen LogP contribution in [0, 0.1) is 5.82 Å². The third-order valence-electron chi connectivity index (χ3n) is 3.55. The Kier molecular flexibility index (Phi) is 6.19. The lowest BCUT2D eigenvalue weighted by Crippen LogP contribution is -2.30. The summed E-state index contributed by atoms with van der Waals surface area (Å²) in [5.74, 6) is 0.697. The molecule has 0 aliphatic rings. The van der Waals surface area contributed by atoms with Gasteiger partial charge < -0.3 is 5.32 Å². The van der Waals surface area contributed by atoms with Crippen molar-refractivity contribution in [2.24, 2.45) is 0 Å². The molecule has 128 valence electrons. The Morgan fingerprint density at radius 2 is 2.00 bits per heavy atom. The fourth-order valence-electron chi connectivity index (χ4n) is 2.36. The van der Waals surface area contributed by atoms with Crippen molar-refractivity contribution in [3.05, 3.63) is 88.1 Å². The lowest BCUT2D eigenvalue weighted by atomic mass is 10.1. The number of thiophene rings is 1. The van der Waals surface area contributed by atoms with Gasteiger partial charge in [-0.15, -0.1) is 23.1 Å². The molecule has 1 N–H and O–H groups in total. The molecule has 3 rings (SSSR count). The summed E-state index contributed by atoms with van der Waals surface area (Å²) >= 11 is 3.09. The van der Waals surface area contributed by atoms with E-state index in [1.54, 1.807) is 29.7 Å². The molecule has 0 aliphatic heterocycles. The van der Waals surface area contributed by atoms with Crippen LogP contribution in [0.3, 0.4) is 0 Å². The number of carbonyl (C=O) groups excluding carboxylic acids is 1. The van der Waals surface area contributed by atoms with E-state index < -0.39 is 0 Å². The fraction of sp³-hybridized carbons (Fsp3) is 0.158. The molecule has 0 spiro atoms. The number of hydrogen-bond donors (Lipinski definition) is 1. The monoisotopic (exact) mass is 372 g/mol. The number of amides is 1. The van der Waals surface area contributed by atoms with Crippen LogP contribution in [0.2, 0.25) is 0 Å². The normalized spacial score (nSPS) is 11.9. The first kappa shape index (κ1) is 17.6. The fourth-order valence-corrected chi connectivity index (χ4v) is 3.92. The zero-order chi connectivity index (χ0) is 17.5. The van der Waals surface area contributed by atoms with E-state index in [4.69, 9.17) is 0 Å². The van der Waals surface area contributed by atoms with Gasteiger partial charge in [-0.1, -0.05) is 24.3 Å². The summed E-state index contributed by atoms with van der Waals surface area (Å²) in [6, 6.07) is 15.6. The maximum Gasteiger partial charge on any atom is 0.230 e. The number of halogens is 1. The van der Waals surface area contributed by atoms with Gasteiger partial charge in [-0.2, -0.15) is 0 Å². The van der Waals surface area contributed by atoms with Gasteiger partial charge in [0.2, 0.25) is 5.91 Å². The van der Waals surface area contributed by atoms with Crippen molar-refractivity contribution in [3.63, 3.8) is 0 Å². The maximum atomic E-state index is 13.2. The van der Waals surface area contributed by atoms with Crippen LogP contribution in [0.25, 0.3) is 0 Å². The molecule has 0 bridgehead atoms. The summed E-state index contributed by atoms with van der Waals surface area (Å²) in [6.07, 6.45) is 1.75. The largest absolute Gasteiger partial charge is 0.344 e. The molecule has 1 aromatic carbocycles. The molecule has 6 heteroatoms. The van der Waals surface area contributed by atoms with Crippen LogP contribution in [0.4, 0.5) is 4.39 Å². The van der Waals surface area contributed by atoms with E-state index >= 15 is 0 Å². The van der Waals surface area contributed by atoms with Crippen LogP contribution < -0.4 is 5.32 Å². The molecule has 0 saturated heterocycles. The van der Waals surface area contributed by atoms with E-state index in [2.05, 4.69) is 10.3 Å². The number of carbonyl (C=O) groups is 1. The van der Waals surface area contributed by atoms with Crippen molar-refractivity contribution >= 4 is 29.0 Å². The van der Waals surface area contributed by atoms with Crippen LogP contribution in [0.1, 0.15) is 22.2 Å². The quantitative estimate of drug-likeness (QED) is 0.667. The topological polar surface area (TPSA) is 42.0 Å². The molecule has 0 fully saturated rings. The Labute approximate surface area is 154 Å². The average Bonchev–Trinajstić information content (AvgIpc) is 3.16. The highest BCUT2D eigenvalue weighted by atomic mass is 32.2. The van der Waals surface area contributed by atoms with Crippen LogP contribution >= 0.6 is 23.1 Å². The molecule has 0 aliphatic carbocycles. The van der Waals surface area contributed by atoms with E-state index in [0.717, 1.165) is 16.1 Å². The molecular formula is C19H17FN2OS2. The van der Waals surface area contributed by atoms with E-state index in [1.807, 2.05) is 35.7 Å². The highest BCUT2D eigenvalue weighted by Gasteiger charge is 2.18. The molecule has 3 aromatic rings. The highest BCUT2D eigenvalue weighted by molar-refractivity contribution is 7.99. The molecular weight excluding hydrogens is 355 g/mol. The third-order valence-corrected chi connectivity index (χ3v) is 5.45. The number of thioether (sulfide) groups is 1. The summed E-state index contributed by atoms with van der Waals surface area (Å²) in [4.78, 5) is 17.6. The van der Waals surface area contributed by atoms with Crippen LogP contribution in [-0.2, 0) is 10.5 Å². The molecule has 0 radical (unpaired) electrons. The SMILES string of the molecule is O=C(CSCc1ccccn1)NC(c1ccc(F)cc1)c1cccs1. The second-order valence-corrected chi connectivity index (χ2v) is 7.35. The number of aromatic nitrogens is 1. The maximum absolute atomic E-state index is 13.2. The second-order valence-electron chi connectivity index (χ2n) is 5.38. The molecule has 1 atom stereocenters. The predicted octanol–water partition coefficient (Wildman–Crippen LogP) is 4.42. The average molecular weight is 372 g/mol. The minimum absolute atomic E-state index is 0.0522. The van der Waals surface area contributed by atoms with Gasteiger partial charge in [0.15, 0.2) is 0 Å². The summed E-state index contributed by atoms with van der Waals surface area (Å²) in [6.45, 7) is 0. The van der Waals surface area contributed by atoms with E-state index in [-0.39, 0.29) is 17.8 Å². The summed E-state index contributed by atoms with van der Waals surface area (Å²) in [7, 11) is 0. The Balaban J connectivity index is 1.62. The summed E-state index contributed by atoms with van der Waals surface area (Å²) in [5.41, 5.74) is 1.82. The summed E-state index contributed by atoms with van der Waals surface area (Å²) in [5, 5.41) is 5.02. The lowest BCUT2D eigenvalue weighted by molar-refractivity contribution is -0.119. The molecule has 0 saturated carbocycles. The smallest absolute Gasteiger partial charge is 0.230 e. The van der Waals surface area contributed by atoms with Crippen LogP contribution in [0.5, 0.6) is 0 Å². The first-order valence-corrected chi connectivity index (χ1v) is 9.81. The number of rotatable bonds is 7. The van der Waals surface area contributed by atoms with Gasteiger partial charge in [0.25, 0.3) is 0 Å². The third kappa shape index (κ3) is 5.14. The summed E-state index contributed by atoms with van der Waals surface area (Å²) < 4.78 is 13.2. The van der Waals surface area contributed by atoms with Crippen LogP contribution in [0.15, 0.2) is 66.2 Å². The molecule has 2 heterocycles. The van der Waals surface area contributed by atoms with Gasteiger partial charge >= 0.3 is 0 Å². The first-order chi connectivity index (χ1) is 12.2. The van der Waals surface area contributed by atoms with Crippen LogP contribution in [-0.4, -0.2) is 16.6 Å². The zero-order valence-corrected chi connectivity index (χ0v) is 15.0. The molecule has 1 unspecified atom stereocenters.